The van der Waals surface area contributed by atoms with Gasteiger partial charge in [0.15, 0.2) is 12.2 Å². The summed E-state index contributed by atoms with van der Waals surface area (Å²) in [5.41, 5.74) is 0.834. The summed E-state index contributed by atoms with van der Waals surface area (Å²) in [5.74, 6) is 1.04. The minimum Gasteiger partial charge on any atom is -0.490 e. The summed E-state index contributed by atoms with van der Waals surface area (Å²) in [6, 6.07) is 18.0. The fourth-order valence-corrected chi connectivity index (χ4v) is 4.16. The Kier molecular flexibility index (Phi) is 7.31. The molecule has 206 valence electrons. The molecule has 0 N–H and O–H groups in total. The molecule has 0 saturated carbocycles. The van der Waals surface area contributed by atoms with Crippen molar-refractivity contribution >= 4 is 34.9 Å². The zero-order valence-corrected chi connectivity index (χ0v) is 20.8. The van der Waals surface area contributed by atoms with Crippen molar-refractivity contribution < 1.29 is 38.4 Å². The summed E-state index contributed by atoms with van der Waals surface area (Å²) >= 11 is 0. The number of amides is 2. The number of nitro benzene ring substituents is 2. The highest BCUT2D eigenvalue weighted by atomic mass is 16.6. The van der Waals surface area contributed by atoms with Crippen molar-refractivity contribution in [3.05, 3.63) is 93.0 Å². The zero-order valence-electron chi connectivity index (χ0n) is 20.8. The first-order valence-electron chi connectivity index (χ1n) is 12.1. The van der Waals surface area contributed by atoms with E-state index in [1.165, 1.54) is 58.3 Å². The van der Waals surface area contributed by atoms with Gasteiger partial charge in [0.05, 0.1) is 22.9 Å². The SMILES string of the molecule is O=C1OC(COc2ccc(OCC3CN(c4ccc([N+](=O)[O-])cc4)C(=O)O3)cc2)CN1c1ccc([N+](=O)[O-])cc1. The second-order valence-corrected chi connectivity index (χ2v) is 8.87. The van der Waals surface area contributed by atoms with Crippen molar-refractivity contribution in [3.63, 3.8) is 0 Å². The Morgan fingerprint density at radius 3 is 1.32 bits per heavy atom. The van der Waals surface area contributed by atoms with Crippen LogP contribution in [0.4, 0.5) is 32.3 Å². The van der Waals surface area contributed by atoms with Gasteiger partial charge >= 0.3 is 12.2 Å². The highest BCUT2D eigenvalue weighted by molar-refractivity contribution is 5.90. The van der Waals surface area contributed by atoms with E-state index in [0.29, 0.717) is 22.9 Å². The maximum Gasteiger partial charge on any atom is 0.414 e. The van der Waals surface area contributed by atoms with Crippen molar-refractivity contribution in [1.29, 1.82) is 0 Å². The molecule has 2 saturated heterocycles. The van der Waals surface area contributed by atoms with E-state index in [-0.39, 0.29) is 37.7 Å². The lowest BCUT2D eigenvalue weighted by molar-refractivity contribution is -0.385. The lowest BCUT2D eigenvalue weighted by Gasteiger charge is -2.14. The van der Waals surface area contributed by atoms with Gasteiger partial charge in [-0.05, 0) is 48.5 Å². The second kappa shape index (κ2) is 11.1. The van der Waals surface area contributed by atoms with Crippen LogP contribution in [-0.4, -0.2) is 60.5 Å². The van der Waals surface area contributed by atoms with Crippen LogP contribution in [0.15, 0.2) is 72.8 Å². The summed E-state index contributed by atoms with van der Waals surface area (Å²) in [5, 5.41) is 21.6. The Morgan fingerprint density at radius 1 is 0.650 bits per heavy atom. The molecule has 3 aromatic rings. The Hall–Kier alpha value is -5.40. The molecule has 0 spiro atoms. The number of anilines is 2. The number of cyclic esters (lactones) is 2. The lowest BCUT2D eigenvalue weighted by Crippen LogP contribution is -2.26. The number of nitro groups is 2. The average Bonchev–Trinajstić information content (AvgIpc) is 3.52. The molecule has 3 aromatic carbocycles. The fraction of sp³-hybridized carbons (Fsp3) is 0.231. The van der Waals surface area contributed by atoms with Crippen LogP contribution in [0.5, 0.6) is 11.5 Å². The molecule has 14 nitrogen and oxygen atoms in total. The van der Waals surface area contributed by atoms with Gasteiger partial charge in [-0.15, -0.1) is 0 Å². The molecule has 14 heteroatoms. The quantitative estimate of drug-likeness (QED) is 0.262. The molecule has 2 fully saturated rings. The first kappa shape index (κ1) is 26.2. The van der Waals surface area contributed by atoms with Crippen LogP contribution in [0.3, 0.4) is 0 Å². The molecular weight excluding hydrogens is 528 g/mol. The van der Waals surface area contributed by atoms with Crippen LogP contribution in [0, 0.1) is 20.2 Å². The molecule has 0 bridgehead atoms. The van der Waals surface area contributed by atoms with E-state index in [1.54, 1.807) is 24.3 Å². The maximum atomic E-state index is 12.2. The number of nitrogens with zero attached hydrogens (tertiary/aromatic N) is 4. The highest BCUT2D eigenvalue weighted by Gasteiger charge is 2.34. The van der Waals surface area contributed by atoms with Gasteiger partial charge in [-0.25, -0.2) is 9.59 Å². The summed E-state index contributed by atoms with van der Waals surface area (Å²) in [7, 11) is 0. The van der Waals surface area contributed by atoms with Crippen LogP contribution < -0.4 is 19.3 Å². The number of carbonyl (C=O) groups is 2. The Labute approximate surface area is 226 Å². The van der Waals surface area contributed by atoms with Gasteiger partial charge in [0.25, 0.3) is 11.4 Å². The number of hydrogen-bond acceptors (Lipinski definition) is 10. The first-order valence-corrected chi connectivity index (χ1v) is 12.1. The van der Waals surface area contributed by atoms with Gasteiger partial charge in [-0.2, -0.15) is 0 Å². The summed E-state index contributed by atoms with van der Waals surface area (Å²) in [6.45, 7) is 0.668. The maximum absolute atomic E-state index is 12.2. The number of rotatable bonds is 10. The molecule has 2 aliphatic rings. The number of hydrogen-bond donors (Lipinski definition) is 0. The molecule has 5 rings (SSSR count). The minimum absolute atomic E-state index is 0.0721. The highest BCUT2D eigenvalue weighted by Crippen LogP contribution is 2.27. The van der Waals surface area contributed by atoms with Crippen LogP contribution in [0.2, 0.25) is 0 Å². The summed E-state index contributed by atoms with van der Waals surface area (Å²) in [6.07, 6.45) is -2.19. The van der Waals surface area contributed by atoms with Crippen LogP contribution in [-0.2, 0) is 9.47 Å². The number of ether oxygens (including phenoxy) is 4. The predicted molar refractivity (Wildman–Crippen MR) is 139 cm³/mol. The molecular formula is C26H22N4O10. The zero-order chi connectivity index (χ0) is 28.2. The Bertz CT molecular complexity index is 1300. The van der Waals surface area contributed by atoms with Gasteiger partial charge in [0, 0.05) is 35.6 Å². The fourth-order valence-electron chi connectivity index (χ4n) is 4.16. The van der Waals surface area contributed by atoms with E-state index in [0.717, 1.165) is 0 Å². The smallest absolute Gasteiger partial charge is 0.414 e. The van der Waals surface area contributed by atoms with Crippen LogP contribution in [0.25, 0.3) is 0 Å². The van der Waals surface area contributed by atoms with Gasteiger partial charge in [0.2, 0.25) is 0 Å². The van der Waals surface area contributed by atoms with Crippen molar-refractivity contribution in [2.45, 2.75) is 12.2 Å². The standard InChI is InChI=1S/C26H22N4O10/c31-25-27(17-1-5-19(6-2-17)29(33)34)13-23(39-25)15-37-21-9-11-22(12-10-21)38-16-24-14-28(26(32)40-24)18-3-7-20(8-4-18)30(35)36/h1-12,23-24H,13-16H2. The molecule has 2 heterocycles. The molecule has 0 aliphatic carbocycles. The third-order valence-corrected chi connectivity index (χ3v) is 6.19. The van der Waals surface area contributed by atoms with Gasteiger partial charge in [-0.1, -0.05) is 0 Å². The first-order chi connectivity index (χ1) is 19.3. The van der Waals surface area contributed by atoms with Crippen molar-refractivity contribution in [2.24, 2.45) is 0 Å². The van der Waals surface area contributed by atoms with Gasteiger partial charge in [-0.3, -0.25) is 30.0 Å². The van der Waals surface area contributed by atoms with Crippen molar-refractivity contribution in [3.8, 4) is 11.5 Å². The lowest BCUT2D eigenvalue weighted by atomic mass is 10.2. The minimum atomic E-state index is -0.564. The normalized spacial score (nSPS) is 18.3. The van der Waals surface area contributed by atoms with Gasteiger partial charge < -0.3 is 18.9 Å². The average molecular weight is 550 g/mol. The molecule has 2 amide bonds. The molecule has 2 aliphatic heterocycles. The van der Waals surface area contributed by atoms with Crippen LogP contribution >= 0.6 is 0 Å². The van der Waals surface area contributed by atoms with E-state index < -0.39 is 34.2 Å². The number of benzene rings is 3. The van der Waals surface area contributed by atoms with E-state index in [1.807, 2.05) is 0 Å². The third kappa shape index (κ3) is 5.85. The molecule has 0 aromatic heterocycles. The molecule has 2 unspecified atom stereocenters. The largest absolute Gasteiger partial charge is 0.490 e. The topological polar surface area (TPSA) is 164 Å². The van der Waals surface area contributed by atoms with Gasteiger partial charge in [0.1, 0.15) is 24.7 Å². The van der Waals surface area contributed by atoms with E-state index in [2.05, 4.69) is 0 Å². The predicted octanol–water partition coefficient (Wildman–Crippen LogP) is 4.31. The van der Waals surface area contributed by atoms with E-state index in [9.17, 15) is 29.8 Å². The monoisotopic (exact) mass is 550 g/mol. The number of carbonyl (C=O) groups excluding carboxylic acids is 2. The molecule has 40 heavy (non-hydrogen) atoms. The van der Waals surface area contributed by atoms with E-state index >= 15 is 0 Å². The summed E-state index contributed by atoms with van der Waals surface area (Å²) in [4.78, 5) is 47.9. The Balaban J connectivity index is 1.07. The summed E-state index contributed by atoms with van der Waals surface area (Å²) < 4.78 is 22.2. The van der Waals surface area contributed by atoms with E-state index in [4.69, 9.17) is 18.9 Å². The van der Waals surface area contributed by atoms with Crippen molar-refractivity contribution in [2.75, 3.05) is 36.1 Å². The second-order valence-electron chi connectivity index (χ2n) is 8.87. The molecule has 2 atom stereocenters. The van der Waals surface area contributed by atoms with Crippen LogP contribution in [0.1, 0.15) is 0 Å². The molecule has 0 radical (unpaired) electrons. The van der Waals surface area contributed by atoms with Crippen molar-refractivity contribution in [1.82, 2.24) is 0 Å². The third-order valence-electron chi connectivity index (χ3n) is 6.19. The number of non-ortho nitro benzene ring substituents is 2. The Morgan fingerprint density at radius 2 is 1.00 bits per heavy atom.